The number of carboxylic acid groups (broad SMARTS) is 2. The summed E-state index contributed by atoms with van der Waals surface area (Å²) in [5, 5.41) is 17.8. The van der Waals surface area contributed by atoms with Crippen LogP contribution in [-0.4, -0.2) is 52.6 Å². The van der Waals surface area contributed by atoms with Crippen molar-refractivity contribution in [3.05, 3.63) is 29.3 Å². The van der Waals surface area contributed by atoms with Gasteiger partial charge in [0.15, 0.2) is 0 Å². The first kappa shape index (κ1) is 21.6. The fraction of sp³-hybridized carbons (Fsp3) is 0.526. The van der Waals surface area contributed by atoms with E-state index >= 15 is 0 Å². The molecule has 3 N–H and O–H groups in total. The number of carbonyl (C=O) groups is 3. The first-order valence-electron chi connectivity index (χ1n) is 8.84. The highest BCUT2D eigenvalue weighted by atomic mass is 16.4. The smallest absolute Gasteiger partial charge is 0.414 e. The lowest BCUT2D eigenvalue weighted by atomic mass is 10.1. The first-order chi connectivity index (χ1) is 12.3. The predicted octanol–water partition coefficient (Wildman–Crippen LogP) is 2.66. The maximum atomic E-state index is 12.0. The topological polar surface area (TPSA) is 107 Å². The van der Waals surface area contributed by atoms with Gasteiger partial charge in [0.25, 0.3) is 0 Å². The zero-order valence-corrected chi connectivity index (χ0v) is 15.5. The summed E-state index contributed by atoms with van der Waals surface area (Å²) in [4.78, 5) is 32.6. The number of nitrogens with one attached hydrogen (secondary N) is 1. The maximum absolute atomic E-state index is 12.0. The Morgan fingerprint density at radius 2 is 1.42 bits per heavy atom. The fourth-order valence-corrected chi connectivity index (χ4v) is 2.89. The third-order valence-electron chi connectivity index (χ3n) is 4.04. The number of hydrogen-bond acceptors (Lipinski definition) is 4. The van der Waals surface area contributed by atoms with Gasteiger partial charge in [-0.15, -0.1) is 0 Å². The van der Waals surface area contributed by atoms with Crippen LogP contribution >= 0.6 is 0 Å². The molecule has 144 valence electrons. The standard InChI is InChI=1S/C17H26N2O.C2H2O4/c1-14-11-15(2)13-16(12-14)18-17(20)7-10-19-8-5-3-4-6-9-19;3-1(4)2(5)6/h11-13H,3-10H2,1-2H3,(H,18,20);(H,3,4)(H,5,6). The van der Waals surface area contributed by atoms with Crippen molar-refractivity contribution in [2.75, 3.05) is 25.0 Å². The summed E-state index contributed by atoms with van der Waals surface area (Å²) in [5.41, 5.74) is 3.30. The van der Waals surface area contributed by atoms with Crippen molar-refractivity contribution in [1.82, 2.24) is 4.90 Å². The predicted molar refractivity (Wildman–Crippen MR) is 99.3 cm³/mol. The van der Waals surface area contributed by atoms with Crippen molar-refractivity contribution in [1.29, 1.82) is 0 Å². The van der Waals surface area contributed by atoms with Crippen LogP contribution < -0.4 is 5.32 Å². The molecule has 0 bridgehead atoms. The van der Waals surface area contributed by atoms with E-state index in [1.807, 2.05) is 12.1 Å². The van der Waals surface area contributed by atoms with Crippen LogP contribution in [0.2, 0.25) is 0 Å². The first-order valence-corrected chi connectivity index (χ1v) is 8.84. The van der Waals surface area contributed by atoms with E-state index < -0.39 is 11.9 Å². The molecule has 0 aromatic heterocycles. The van der Waals surface area contributed by atoms with E-state index in [9.17, 15) is 4.79 Å². The summed E-state index contributed by atoms with van der Waals surface area (Å²) in [6.45, 7) is 7.30. The van der Waals surface area contributed by atoms with Crippen LogP contribution in [0.4, 0.5) is 5.69 Å². The van der Waals surface area contributed by atoms with Crippen LogP contribution in [0.25, 0.3) is 0 Å². The number of aliphatic carboxylic acids is 2. The maximum Gasteiger partial charge on any atom is 0.414 e. The van der Waals surface area contributed by atoms with Gasteiger partial charge in [-0.1, -0.05) is 18.9 Å². The van der Waals surface area contributed by atoms with E-state index in [1.54, 1.807) is 0 Å². The second-order valence-corrected chi connectivity index (χ2v) is 6.54. The molecule has 0 atom stereocenters. The summed E-state index contributed by atoms with van der Waals surface area (Å²) in [7, 11) is 0. The van der Waals surface area contributed by atoms with Crippen molar-refractivity contribution in [3.8, 4) is 0 Å². The van der Waals surface area contributed by atoms with Crippen LogP contribution in [0.3, 0.4) is 0 Å². The van der Waals surface area contributed by atoms with Gasteiger partial charge in [-0.05, 0) is 63.0 Å². The third-order valence-corrected chi connectivity index (χ3v) is 4.04. The van der Waals surface area contributed by atoms with Gasteiger partial charge in [0.05, 0.1) is 0 Å². The molecule has 1 fully saturated rings. The Hall–Kier alpha value is -2.41. The Bertz CT molecular complexity index is 590. The van der Waals surface area contributed by atoms with Gasteiger partial charge in [0.2, 0.25) is 5.91 Å². The normalized spacial score (nSPS) is 14.5. The number of nitrogens with zero attached hydrogens (tertiary/aromatic N) is 1. The molecule has 26 heavy (non-hydrogen) atoms. The van der Waals surface area contributed by atoms with E-state index in [2.05, 4.69) is 30.1 Å². The molecule has 1 aromatic rings. The Morgan fingerprint density at radius 3 is 1.88 bits per heavy atom. The molecule has 7 heteroatoms. The summed E-state index contributed by atoms with van der Waals surface area (Å²) >= 11 is 0. The zero-order chi connectivity index (χ0) is 19.5. The number of benzene rings is 1. The number of carbonyl (C=O) groups excluding carboxylic acids is 1. The number of likely N-dealkylation sites (tertiary alicyclic amines) is 1. The SMILES string of the molecule is Cc1cc(C)cc(NC(=O)CCN2CCCCCC2)c1.O=C(O)C(=O)O. The average Bonchev–Trinajstić information content (AvgIpc) is 2.81. The van der Waals surface area contributed by atoms with Gasteiger partial charge >= 0.3 is 11.9 Å². The van der Waals surface area contributed by atoms with Crippen molar-refractivity contribution in [2.45, 2.75) is 46.0 Å². The minimum Gasteiger partial charge on any atom is -0.473 e. The molecule has 0 spiro atoms. The lowest BCUT2D eigenvalue weighted by Gasteiger charge is -2.19. The molecule has 1 saturated heterocycles. The summed E-state index contributed by atoms with van der Waals surface area (Å²) in [5.74, 6) is -3.52. The second kappa shape index (κ2) is 11.3. The molecule has 0 aliphatic carbocycles. The molecule has 0 radical (unpaired) electrons. The van der Waals surface area contributed by atoms with E-state index in [-0.39, 0.29) is 5.91 Å². The Balaban J connectivity index is 0.000000487. The summed E-state index contributed by atoms with van der Waals surface area (Å²) in [6, 6.07) is 6.17. The van der Waals surface area contributed by atoms with Crippen molar-refractivity contribution in [3.63, 3.8) is 0 Å². The molecule has 1 aromatic carbocycles. The monoisotopic (exact) mass is 364 g/mol. The van der Waals surface area contributed by atoms with E-state index in [0.29, 0.717) is 6.42 Å². The van der Waals surface area contributed by atoms with Crippen LogP contribution in [-0.2, 0) is 14.4 Å². The Kier molecular flexibility index (Phi) is 9.36. The molecular formula is C19H28N2O5. The number of hydrogen-bond donors (Lipinski definition) is 3. The van der Waals surface area contributed by atoms with Crippen molar-refractivity contribution >= 4 is 23.5 Å². The molecule has 1 heterocycles. The molecule has 7 nitrogen and oxygen atoms in total. The highest BCUT2D eigenvalue weighted by Crippen LogP contribution is 2.14. The number of rotatable bonds is 4. The van der Waals surface area contributed by atoms with Gasteiger partial charge in [-0.25, -0.2) is 9.59 Å². The molecule has 2 rings (SSSR count). The van der Waals surface area contributed by atoms with E-state index in [4.69, 9.17) is 19.8 Å². The summed E-state index contributed by atoms with van der Waals surface area (Å²) < 4.78 is 0. The molecule has 1 amide bonds. The molecule has 0 saturated carbocycles. The molecule has 1 aliphatic heterocycles. The molecule has 0 unspecified atom stereocenters. The number of anilines is 1. The zero-order valence-electron chi connectivity index (χ0n) is 15.5. The Labute approximate surface area is 154 Å². The van der Waals surface area contributed by atoms with Gasteiger partial charge in [0, 0.05) is 18.7 Å². The highest BCUT2D eigenvalue weighted by molar-refractivity contribution is 6.27. The van der Waals surface area contributed by atoms with Gasteiger partial charge in [-0.2, -0.15) is 0 Å². The van der Waals surface area contributed by atoms with Crippen LogP contribution in [0.15, 0.2) is 18.2 Å². The number of aryl methyl sites for hydroxylation is 2. The van der Waals surface area contributed by atoms with Gasteiger partial charge in [0.1, 0.15) is 0 Å². The van der Waals surface area contributed by atoms with Crippen LogP contribution in [0.1, 0.15) is 43.2 Å². The molecule has 1 aliphatic rings. The minimum atomic E-state index is -1.82. The minimum absolute atomic E-state index is 0.124. The van der Waals surface area contributed by atoms with Gasteiger partial charge in [-0.3, -0.25) is 4.79 Å². The largest absolute Gasteiger partial charge is 0.473 e. The van der Waals surface area contributed by atoms with Crippen molar-refractivity contribution in [2.24, 2.45) is 0 Å². The third kappa shape index (κ3) is 9.17. The van der Waals surface area contributed by atoms with Crippen LogP contribution in [0, 0.1) is 13.8 Å². The Morgan fingerprint density at radius 1 is 0.923 bits per heavy atom. The van der Waals surface area contributed by atoms with Crippen molar-refractivity contribution < 1.29 is 24.6 Å². The van der Waals surface area contributed by atoms with E-state index in [0.717, 1.165) is 25.3 Å². The second-order valence-electron chi connectivity index (χ2n) is 6.54. The fourth-order valence-electron chi connectivity index (χ4n) is 2.89. The average molecular weight is 364 g/mol. The van der Waals surface area contributed by atoms with Crippen LogP contribution in [0.5, 0.6) is 0 Å². The lowest BCUT2D eigenvalue weighted by Crippen LogP contribution is -2.28. The quantitative estimate of drug-likeness (QED) is 0.709. The summed E-state index contributed by atoms with van der Waals surface area (Å²) in [6.07, 6.45) is 5.82. The van der Waals surface area contributed by atoms with E-state index in [1.165, 1.54) is 36.8 Å². The van der Waals surface area contributed by atoms with Gasteiger partial charge < -0.3 is 20.4 Å². The lowest BCUT2D eigenvalue weighted by molar-refractivity contribution is -0.159. The number of amides is 1. The number of carboxylic acids is 2. The molecular weight excluding hydrogens is 336 g/mol. The highest BCUT2D eigenvalue weighted by Gasteiger charge is 2.11.